The van der Waals surface area contributed by atoms with E-state index in [-0.39, 0.29) is 6.61 Å². The molecule has 0 aliphatic heterocycles. The van der Waals surface area contributed by atoms with Gasteiger partial charge < -0.3 is 9.67 Å². The Kier molecular flexibility index (Phi) is 2.77. The van der Waals surface area contributed by atoms with Crippen LogP contribution >= 0.6 is 23.2 Å². The molecule has 0 atom stereocenters. The zero-order valence-electron chi connectivity index (χ0n) is 9.16. The highest BCUT2D eigenvalue weighted by Gasteiger charge is 2.29. The minimum absolute atomic E-state index is 0.103. The van der Waals surface area contributed by atoms with Crippen molar-refractivity contribution in [3.63, 3.8) is 0 Å². The molecule has 1 N–H and O–H groups in total. The molecule has 0 amide bonds. The molecule has 1 aliphatic rings. The zero-order chi connectivity index (χ0) is 12.0. The molecule has 1 heterocycles. The molecule has 0 unspecified atom stereocenters. The maximum Gasteiger partial charge on any atom is 0.113 e. The predicted molar refractivity (Wildman–Crippen MR) is 68.8 cm³/mol. The number of halogens is 2. The molecular formula is C12H12Cl2N2O. The topological polar surface area (TPSA) is 38.0 Å². The first-order valence-corrected chi connectivity index (χ1v) is 6.42. The van der Waals surface area contributed by atoms with Crippen molar-refractivity contribution in [2.24, 2.45) is 0 Å². The second-order valence-corrected chi connectivity index (χ2v) is 5.19. The van der Waals surface area contributed by atoms with Gasteiger partial charge in [-0.1, -0.05) is 23.2 Å². The third-order valence-electron chi connectivity index (χ3n) is 3.09. The van der Waals surface area contributed by atoms with Gasteiger partial charge in [-0.15, -0.1) is 0 Å². The van der Waals surface area contributed by atoms with Crippen LogP contribution in [-0.2, 0) is 6.54 Å². The van der Waals surface area contributed by atoms with Crippen molar-refractivity contribution in [3.8, 4) is 0 Å². The maximum absolute atomic E-state index is 9.14. The number of rotatable bonds is 3. The summed E-state index contributed by atoms with van der Waals surface area (Å²) in [6.45, 7) is 0.658. The fourth-order valence-corrected chi connectivity index (χ4v) is 2.44. The number of imidazole rings is 1. The zero-order valence-corrected chi connectivity index (χ0v) is 10.7. The molecule has 0 spiro atoms. The average Bonchev–Trinajstić information content (AvgIpc) is 3.08. The van der Waals surface area contributed by atoms with Gasteiger partial charge in [-0.3, -0.25) is 0 Å². The first-order valence-electron chi connectivity index (χ1n) is 5.66. The summed E-state index contributed by atoms with van der Waals surface area (Å²) in [4.78, 5) is 4.60. The summed E-state index contributed by atoms with van der Waals surface area (Å²) in [6, 6.07) is 3.62. The molecular weight excluding hydrogens is 259 g/mol. The fraction of sp³-hybridized carbons (Fsp3) is 0.417. The fourth-order valence-electron chi connectivity index (χ4n) is 2.13. The summed E-state index contributed by atoms with van der Waals surface area (Å²) in [5.74, 6) is 1.58. The second-order valence-electron chi connectivity index (χ2n) is 4.37. The number of benzene rings is 1. The normalized spacial score (nSPS) is 15.7. The summed E-state index contributed by atoms with van der Waals surface area (Å²) in [5, 5.41) is 10.2. The van der Waals surface area contributed by atoms with Crippen LogP contribution in [0.1, 0.15) is 24.6 Å². The molecule has 3 rings (SSSR count). The van der Waals surface area contributed by atoms with E-state index in [0.29, 0.717) is 22.5 Å². The van der Waals surface area contributed by atoms with E-state index in [1.165, 1.54) is 12.8 Å². The van der Waals surface area contributed by atoms with Crippen LogP contribution in [0.25, 0.3) is 11.0 Å². The summed E-state index contributed by atoms with van der Waals surface area (Å²) in [7, 11) is 0. The average molecular weight is 271 g/mol. The lowest BCUT2D eigenvalue weighted by atomic mass is 10.3. The smallest absolute Gasteiger partial charge is 0.113 e. The molecule has 1 aromatic carbocycles. The molecule has 2 aromatic rings. The number of aliphatic hydroxyl groups is 1. The molecule has 0 saturated heterocycles. The van der Waals surface area contributed by atoms with Crippen molar-refractivity contribution < 1.29 is 5.11 Å². The Morgan fingerprint density at radius 3 is 2.65 bits per heavy atom. The van der Waals surface area contributed by atoms with E-state index in [2.05, 4.69) is 9.55 Å². The van der Waals surface area contributed by atoms with Crippen molar-refractivity contribution >= 4 is 34.2 Å². The Bertz CT molecular complexity index is 575. The van der Waals surface area contributed by atoms with Crippen LogP contribution in [-0.4, -0.2) is 21.3 Å². The van der Waals surface area contributed by atoms with Crippen LogP contribution in [0.5, 0.6) is 0 Å². The third-order valence-corrected chi connectivity index (χ3v) is 3.81. The van der Waals surface area contributed by atoms with Crippen LogP contribution < -0.4 is 0 Å². The van der Waals surface area contributed by atoms with Crippen LogP contribution in [0.3, 0.4) is 0 Å². The molecule has 1 fully saturated rings. The number of hydrogen-bond acceptors (Lipinski definition) is 2. The highest BCUT2D eigenvalue weighted by Crippen LogP contribution is 2.41. The van der Waals surface area contributed by atoms with E-state index in [1.54, 1.807) is 6.07 Å². The Balaban J connectivity index is 2.23. The van der Waals surface area contributed by atoms with Gasteiger partial charge in [-0.2, -0.15) is 0 Å². The van der Waals surface area contributed by atoms with Gasteiger partial charge >= 0.3 is 0 Å². The Morgan fingerprint density at radius 2 is 2.00 bits per heavy atom. The van der Waals surface area contributed by atoms with Gasteiger partial charge in [0.05, 0.1) is 27.7 Å². The van der Waals surface area contributed by atoms with Gasteiger partial charge in [0, 0.05) is 12.5 Å². The second kappa shape index (κ2) is 4.16. The predicted octanol–water partition coefficient (Wildman–Crippen LogP) is 3.21. The molecule has 3 nitrogen and oxygen atoms in total. The van der Waals surface area contributed by atoms with E-state index >= 15 is 0 Å². The van der Waals surface area contributed by atoms with Gasteiger partial charge in [0.15, 0.2) is 0 Å². The van der Waals surface area contributed by atoms with Gasteiger partial charge in [0.25, 0.3) is 0 Å². The van der Waals surface area contributed by atoms with Crippen LogP contribution in [0.4, 0.5) is 0 Å². The van der Waals surface area contributed by atoms with Gasteiger partial charge in [0.1, 0.15) is 5.82 Å². The van der Waals surface area contributed by atoms with E-state index in [1.807, 2.05) is 6.07 Å². The Morgan fingerprint density at radius 1 is 1.29 bits per heavy atom. The van der Waals surface area contributed by atoms with Crippen molar-refractivity contribution in [2.45, 2.75) is 25.3 Å². The number of fused-ring (bicyclic) bond motifs is 1. The highest BCUT2D eigenvalue weighted by molar-refractivity contribution is 6.42. The molecule has 90 valence electrons. The largest absolute Gasteiger partial charge is 0.395 e. The monoisotopic (exact) mass is 270 g/mol. The van der Waals surface area contributed by atoms with E-state index in [4.69, 9.17) is 28.3 Å². The molecule has 0 bridgehead atoms. The van der Waals surface area contributed by atoms with Crippen molar-refractivity contribution in [1.82, 2.24) is 9.55 Å². The standard InChI is InChI=1S/C12H12Cl2N2O/c13-8-5-10-11(6-9(8)14)16(3-4-17)12(15-10)7-1-2-7/h5-7,17H,1-4H2. The number of nitrogens with zero attached hydrogens (tertiary/aromatic N) is 2. The molecule has 1 aromatic heterocycles. The van der Waals surface area contributed by atoms with E-state index in [0.717, 1.165) is 16.9 Å². The maximum atomic E-state index is 9.14. The van der Waals surface area contributed by atoms with Gasteiger partial charge in [0.2, 0.25) is 0 Å². The number of aliphatic hydroxyl groups excluding tert-OH is 1. The first-order chi connectivity index (χ1) is 8.20. The highest BCUT2D eigenvalue weighted by atomic mass is 35.5. The van der Waals surface area contributed by atoms with Crippen LogP contribution in [0.15, 0.2) is 12.1 Å². The summed E-state index contributed by atoms with van der Waals surface area (Å²) >= 11 is 12.0. The lowest BCUT2D eigenvalue weighted by Gasteiger charge is -2.06. The molecule has 1 saturated carbocycles. The SMILES string of the molecule is OCCn1c(C2CC2)nc2cc(Cl)c(Cl)cc21. The first kappa shape index (κ1) is 11.3. The van der Waals surface area contributed by atoms with Crippen molar-refractivity contribution in [2.75, 3.05) is 6.61 Å². The summed E-state index contributed by atoms with van der Waals surface area (Å²) < 4.78 is 2.05. The third kappa shape index (κ3) is 1.92. The molecule has 1 aliphatic carbocycles. The minimum atomic E-state index is 0.103. The minimum Gasteiger partial charge on any atom is -0.395 e. The number of aromatic nitrogens is 2. The summed E-state index contributed by atoms with van der Waals surface area (Å²) in [6.07, 6.45) is 2.35. The van der Waals surface area contributed by atoms with Crippen molar-refractivity contribution in [3.05, 3.63) is 28.0 Å². The van der Waals surface area contributed by atoms with E-state index in [9.17, 15) is 0 Å². The molecule has 0 radical (unpaired) electrons. The van der Waals surface area contributed by atoms with Gasteiger partial charge in [-0.25, -0.2) is 4.98 Å². The Hall–Kier alpha value is -0.770. The van der Waals surface area contributed by atoms with E-state index < -0.39 is 0 Å². The van der Waals surface area contributed by atoms with Gasteiger partial charge in [-0.05, 0) is 25.0 Å². The molecule has 17 heavy (non-hydrogen) atoms. The molecule has 5 heteroatoms. The van der Waals surface area contributed by atoms with Crippen LogP contribution in [0, 0.1) is 0 Å². The Labute approximate surface area is 109 Å². The van der Waals surface area contributed by atoms with Crippen molar-refractivity contribution in [1.29, 1.82) is 0 Å². The summed E-state index contributed by atoms with van der Waals surface area (Å²) in [5.41, 5.74) is 1.81. The lowest BCUT2D eigenvalue weighted by molar-refractivity contribution is 0.276. The quantitative estimate of drug-likeness (QED) is 0.930. The van der Waals surface area contributed by atoms with Crippen LogP contribution in [0.2, 0.25) is 10.0 Å². The lowest BCUT2D eigenvalue weighted by Crippen LogP contribution is -2.05. The number of hydrogen-bond donors (Lipinski definition) is 1.